The molecule has 7 heteroatoms. The Bertz CT molecular complexity index is 1240. The van der Waals surface area contributed by atoms with Gasteiger partial charge in [-0.2, -0.15) is 0 Å². The summed E-state index contributed by atoms with van der Waals surface area (Å²) >= 11 is 0. The zero-order chi connectivity index (χ0) is 19.0. The van der Waals surface area contributed by atoms with Gasteiger partial charge in [0.05, 0.1) is 12.0 Å². The maximum Gasteiger partial charge on any atom is 0.337 e. The van der Waals surface area contributed by atoms with E-state index in [1.165, 1.54) is 29.1 Å². The third-order valence-electron chi connectivity index (χ3n) is 4.48. The molecule has 0 radical (unpaired) electrons. The van der Waals surface area contributed by atoms with Gasteiger partial charge < -0.3 is 4.57 Å². The van der Waals surface area contributed by atoms with Crippen LogP contribution in [0.3, 0.4) is 0 Å². The van der Waals surface area contributed by atoms with E-state index < -0.39 is 17.1 Å². The molecule has 0 saturated carbocycles. The molecular weight excluding hydrogens is 347 g/mol. The Morgan fingerprint density at radius 2 is 1.81 bits per heavy atom. The van der Waals surface area contributed by atoms with E-state index in [0.717, 1.165) is 10.1 Å². The van der Waals surface area contributed by atoms with Crippen molar-refractivity contribution in [3.8, 4) is 5.69 Å². The van der Waals surface area contributed by atoms with Crippen LogP contribution in [-0.4, -0.2) is 18.7 Å². The molecule has 0 atom stereocenters. The van der Waals surface area contributed by atoms with Crippen molar-refractivity contribution in [2.45, 2.75) is 20.0 Å². The molecule has 4 rings (SSSR count). The summed E-state index contributed by atoms with van der Waals surface area (Å²) in [5, 5.41) is 0. The molecular formula is C20H17FN4O2. The highest BCUT2D eigenvalue weighted by Crippen LogP contribution is 2.15. The van der Waals surface area contributed by atoms with E-state index in [1.807, 2.05) is 30.3 Å². The lowest BCUT2D eigenvalue weighted by Gasteiger charge is -2.11. The number of nitrogens with zero attached hydrogens (tertiary/aromatic N) is 4. The van der Waals surface area contributed by atoms with E-state index in [0.29, 0.717) is 17.7 Å². The minimum absolute atomic E-state index is 0.208. The van der Waals surface area contributed by atoms with Crippen molar-refractivity contribution in [2.24, 2.45) is 0 Å². The molecule has 2 aromatic heterocycles. The van der Waals surface area contributed by atoms with Crippen molar-refractivity contribution >= 4 is 11.2 Å². The number of halogens is 1. The van der Waals surface area contributed by atoms with Crippen LogP contribution in [0.15, 0.2) is 70.5 Å². The molecule has 0 aliphatic heterocycles. The van der Waals surface area contributed by atoms with Crippen LogP contribution in [-0.2, 0) is 13.1 Å². The summed E-state index contributed by atoms with van der Waals surface area (Å²) < 4.78 is 17.9. The second-order valence-electron chi connectivity index (χ2n) is 6.18. The van der Waals surface area contributed by atoms with Gasteiger partial charge in [-0.3, -0.25) is 9.36 Å². The van der Waals surface area contributed by atoms with Gasteiger partial charge in [0.25, 0.3) is 5.56 Å². The SMILES string of the molecule is CCn1c(=O)c2c(ncn2Cc2ccccc2)n(-c2cccc(F)c2)c1=O. The Morgan fingerprint density at radius 1 is 1.04 bits per heavy atom. The average molecular weight is 364 g/mol. The van der Waals surface area contributed by atoms with Gasteiger partial charge in [-0.25, -0.2) is 18.7 Å². The fourth-order valence-corrected chi connectivity index (χ4v) is 3.21. The Kier molecular flexibility index (Phi) is 4.19. The summed E-state index contributed by atoms with van der Waals surface area (Å²) in [7, 11) is 0. The molecule has 136 valence electrons. The molecule has 0 saturated heterocycles. The van der Waals surface area contributed by atoms with Crippen molar-refractivity contribution < 1.29 is 4.39 Å². The average Bonchev–Trinajstić information content (AvgIpc) is 3.06. The molecule has 0 amide bonds. The van der Waals surface area contributed by atoms with E-state index >= 15 is 0 Å². The zero-order valence-corrected chi connectivity index (χ0v) is 14.7. The second-order valence-corrected chi connectivity index (χ2v) is 6.18. The molecule has 27 heavy (non-hydrogen) atoms. The van der Waals surface area contributed by atoms with E-state index in [-0.39, 0.29) is 12.2 Å². The summed E-state index contributed by atoms with van der Waals surface area (Å²) in [6.45, 7) is 2.37. The second kappa shape index (κ2) is 6.68. The van der Waals surface area contributed by atoms with E-state index in [4.69, 9.17) is 0 Å². The smallest absolute Gasteiger partial charge is 0.320 e. The van der Waals surface area contributed by atoms with E-state index in [2.05, 4.69) is 4.98 Å². The lowest BCUT2D eigenvalue weighted by atomic mass is 10.2. The maximum absolute atomic E-state index is 13.7. The van der Waals surface area contributed by atoms with Crippen molar-refractivity contribution in [1.82, 2.24) is 18.7 Å². The fourth-order valence-electron chi connectivity index (χ4n) is 3.21. The Labute approximate surface area is 153 Å². The summed E-state index contributed by atoms with van der Waals surface area (Å²) in [6, 6.07) is 15.3. The summed E-state index contributed by atoms with van der Waals surface area (Å²) in [5.41, 5.74) is 0.921. The zero-order valence-electron chi connectivity index (χ0n) is 14.7. The Hall–Kier alpha value is -3.48. The van der Waals surface area contributed by atoms with Crippen molar-refractivity contribution in [1.29, 1.82) is 0 Å². The normalized spacial score (nSPS) is 11.2. The van der Waals surface area contributed by atoms with Crippen LogP contribution in [0.2, 0.25) is 0 Å². The molecule has 0 unspecified atom stereocenters. The van der Waals surface area contributed by atoms with Crippen molar-refractivity contribution in [3.05, 3.63) is 93.1 Å². The molecule has 0 aliphatic rings. The number of benzene rings is 2. The Morgan fingerprint density at radius 3 is 2.52 bits per heavy atom. The first kappa shape index (κ1) is 17.0. The number of aromatic nitrogens is 4. The van der Waals surface area contributed by atoms with Crippen LogP contribution in [0.1, 0.15) is 12.5 Å². The first-order chi connectivity index (χ1) is 13.1. The molecule has 6 nitrogen and oxygen atoms in total. The molecule has 4 aromatic rings. The van der Waals surface area contributed by atoms with Crippen molar-refractivity contribution in [2.75, 3.05) is 0 Å². The molecule has 2 heterocycles. The number of rotatable bonds is 4. The quantitative estimate of drug-likeness (QED) is 0.559. The van der Waals surface area contributed by atoms with E-state index in [1.54, 1.807) is 17.6 Å². The van der Waals surface area contributed by atoms with Crippen LogP contribution >= 0.6 is 0 Å². The molecule has 2 aromatic carbocycles. The minimum atomic E-state index is -0.537. The third-order valence-corrected chi connectivity index (χ3v) is 4.48. The fraction of sp³-hybridized carbons (Fsp3) is 0.150. The van der Waals surface area contributed by atoms with Gasteiger partial charge in [0.2, 0.25) is 0 Å². The third kappa shape index (κ3) is 2.87. The standard InChI is InChI=1S/C20H17FN4O2/c1-2-24-19(26)17-18(22-13-23(17)12-14-7-4-3-5-8-14)25(20(24)27)16-10-6-9-15(21)11-16/h3-11,13H,2,12H2,1H3. The molecule has 0 spiro atoms. The number of imidazole rings is 1. The summed E-state index contributed by atoms with van der Waals surface area (Å²) in [4.78, 5) is 30.1. The van der Waals surface area contributed by atoms with Gasteiger partial charge in [0, 0.05) is 13.1 Å². The van der Waals surface area contributed by atoms with Gasteiger partial charge >= 0.3 is 5.69 Å². The molecule has 0 N–H and O–H groups in total. The highest BCUT2D eigenvalue weighted by molar-refractivity contribution is 5.72. The van der Waals surface area contributed by atoms with Gasteiger partial charge in [-0.15, -0.1) is 0 Å². The number of hydrogen-bond acceptors (Lipinski definition) is 3. The first-order valence-electron chi connectivity index (χ1n) is 8.60. The van der Waals surface area contributed by atoms with Crippen LogP contribution in [0.5, 0.6) is 0 Å². The van der Waals surface area contributed by atoms with Gasteiger partial charge in [-0.1, -0.05) is 36.4 Å². The highest BCUT2D eigenvalue weighted by Gasteiger charge is 2.18. The van der Waals surface area contributed by atoms with Gasteiger partial charge in [0.1, 0.15) is 5.82 Å². The monoisotopic (exact) mass is 364 g/mol. The molecule has 0 fully saturated rings. The minimum Gasteiger partial charge on any atom is -0.320 e. The first-order valence-corrected chi connectivity index (χ1v) is 8.60. The predicted molar refractivity (Wildman–Crippen MR) is 101 cm³/mol. The number of fused-ring (bicyclic) bond motifs is 1. The van der Waals surface area contributed by atoms with Gasteiger partial charge in [-0.05, 0) is 30.7 Å². The summed E-state index contributed by atoms with van der Waals surface area (Å²) in [6.07, 6.45) is 1.54. The van der Waals surface area contributed by atoms with Crippen LogP contribution in [0.25, 0.3) is 16.9 Å². The number of hydrogen-bond donors (Lipinski definition) is 0. The highest BCUT2D eigenvalue weighted by atomic mass is 19.1. The van der Waals surface area contributed by atoms with E-state index in [9.17, 15) is 14.0 Å². The van der Waals surface area contributed by atoms with Crippen LogP contribution < -0.4 is 11.2 Å². The summed E-state index contributed by atoms with van der Waals surface area (Å²) in [5.74, 6) is -0.467. The Balaban J connectivity index is 2.02. The lowest BCUT2D eigenvalue weighted by molar-refractivity contribution is 0.623. The maximum atomic E-state index is 13.7. The topological polar surface area (TPSA) is 61.8 Å². The van der Waals surface area contributed by atoms with Crippen molar-refractivity contribution in [3.63, 3.8) is 0 Å². The van der Waals surface area contributed by atoms with Gasteiger partial charge in [0.15, 0.2) is 11.2 Å². The largest absolute Gasteiger partial charge is 0.337 e. The lowest BCUT2D eigenvalue weighted by Crippen LogP contribution is -2.39. The van der Waals surface area contributed by atoms with Crippen LogP contribution in [0.4, 0.5) is 4.39 Å². The van der Waals surface area contributed by atoms with Crippen LogP contribution in [0, 0.1) is 5.82 Å². The molecule has 0 bridgehead atoms. The molecule has 0 aliphatic carbocycles. The predicted octanol–water partition coefficient (Wildman–Crippen LogP) is 2.56.